The smallest absolute Gasteiger partial charge is 0.203 e. The Hall–Kier alpha value is -1.03. The number of hydrogen-bond acceptors (Lipinski definition) is 3. The van der Waals surface area contributed by atoms with Crippen LogP contribution in [0.25, 0.3) is 0 Å². The van der Waals surface area contributed by atoms with Crippen LogP contribution >= 0.6 is 0 Å². The van der Waals surface area contributed by atoms with Crippen LogP contribution in [0.5, 0.6) is 0 Å². The largest absolute Gasteiger partial charge is 0.383 e. The first-order valence-corrected chi connectivity index (χ1v) is 6.17. The Morgan fingerprint density at radius 1 is 1.44 bits per heavy atom. The van der Waals surface area contributed by atoms with E-state index in [2.05, 4.69) is 21.1 Å². The molecule has 1 saturated carbocycles. The van der Waals surface area contributed by atoms with Crippen molar-refractivity contribution >= 4 is 5.95 Å². The second-order valence-electron chi connectivity index (χ2n) is 4.37. The average molecular weight is 223 g/mol. The van der Waals surface area contributed by atoms with E-state index in [1.165, 1.54) is 32.1 Å². The maximum atomic E-state index is 5.03. The molecule has 0 spiro atoms. The van der Waals surface area contributed by atoms with Crippen molar-refractivity contribution < 1.29 is 4.74 Å². The van der Waals surface area contributed by atoms with Crippen LogP contribution in [-0.4, -0.2) is 29.8 Å². The third-order valence-electron chi connectivity index (χ3n) is 3.23. The Balaban J connectivity index is 1.94. The van der Waals surface area contributed by atoms with Gasteiger partial charge in [-0.15, -0.1) is 0 Å². The van der Waals surface area contributed by atoms with E-state index in [0.717, 1.165) is 19.1 Å². The van der Waals surface area contributed by atoms with E-state index in [1.54, 1.807) is 7.11 Å². The van der Waals surface area contributed by atoms with Crippen LogP contribution < -0.4 is 5.32 Å². The summed E-state index contributed by atoms with van der Waals surface area (Å²) in [6.45, 7) is 1.54. The Morgan fingerprint density at radius 3 is 3.00 bits per heavy atom. The Morgan fingerprint density at radius 2 is 2.25 bits per heavy atom. The predicted octanol–water partition coefficient (Wildman–Crippen LogP) is 2.45. The molecule has 1 aromatic heterocycles. The number of hydrogen-bond donors (Lipinski definition) is 1. The van der Waals surface area contributed by atoms with Crippen LogP contribution in [0, 0.1) is 0 Å². The molecule has 16 heavy (non-hydrogen) atoms. The highest BCUT2D eigenvalue weighted by atomic mass is 16.5. The van der Waals surface area contributed by atoms with Crippen LogP contribution in [0.2, 0.25) is 0 Å². The fourth-order valence-corrected chi connectivity index (χ4v) is 2.37. The molecule has 4 nitrogen and oxygen atoms in total. The molecule has 0 bridgehead atoms. The van der Waals surface area contributed by atoms with E-state index in [4.69, 9.17) is 4.74 Å². The van der Waals surface area contributed by atoms with Gasteiger partial charge >= 0.3 is 0 Å². The molecule has 4 heteroatoms. The molecule has 0 aromatic carbocycles. The maximum absolute atomic E-state index is 5.03. The highest BCUT2D eigenvalue weighted by Gasteiger charge is 2.17. The van der Waals surface area contributed by atoms with Crippen molar-refractivity contribution in [3.05, 3.63) is 12.4 Å². The normalized spacial score (nSPS) is 17.6. The van der Waals surface area contributed by atoms with Crippen molar-refractivity contribution in [2.45, 2.75) is 38.1 Å². The lowest BCUT2D eigenvalue weighted by Crippen LogP contribution is -2.17. The van der Waals surface area contributed by atoms with E-state index in [9.17, 15) is 0 Å². The summed E-state index contributed by atoms with van der Waals surface area (Å²) >= 11 is 0. The summed E-state index contributed by atoms with van der Waals surface area (Å²) in [5.74, 6) is 0.990. The molecule has 1 N–H and O–H groups in total. The Labute approximate surface area is 97.0 Å². The second kappa shape index (κ2) is 5.89. The van der Waals surface area contributed by atoms with Gasteiger partial charge in [0.2, 0.25) is 5.95 Å². The minimum Gasteiger partial charge on any atom is -0.383 e. The van der Waals surface area contributed by atoms with Crippen molar-refractivity contribution in [1.29, 1.82) is 0 Å². The van der Waals surface area contributed by atoms with Crippen LogP contribution in [0.3, 0.4) is 0 Å². The number of aromatic nitrogens is 2. The molecule has 0 amide bonds. The fraction of sp³-hybridized carbons (Fsp3) is 0.750. The van der Waals surface area contributed by atoms with Crippen molar-refractivity contribution in [2.75, 3.05) is 25.6 Å². The first kappa shape index (κ1) is 11.5. The number of rotatable bonds is 5. The van der Waals surface area contributed by atoms with Crippen LogP contribution in [0.1, 0.15) is 38.1 Å². The number of methoxy groups -OCH3 is 1. The zero-order valence-electron chi connectivity index (χ0n) is 9.98. The minimum absolute atomic E-state index is 0.640. The number of ether oxygens (including phenoxy) is 1. The standard InChI is InChI=1S/C12H21N3O/c1-16-10-8-14-12-13-7-9-15(12)11-5-3-2-4-6-11/h7,9,11H,2-6,8,10H2,1H3,(H,13,14). The van der Waals surface area contributed by atoms with Gasteiger partial charge in [0.15, 0.2) is 0 Å². The molecule has 1 aliphatic rings. The molecule has 0 aliphatic heterocycles. The number of nitrogens with one attached hydrogen (secondary N) is 1. The summed E-state index contributed by atoms with van der Waals surface area (Å²) < 4.78 is 7.31. The van der Waals surface area contributed by atoms with Gasteiger partial charge in [0.05, 0.1) is 6.61 Å². The number of imidazole rings is 1. The van der Waals surface area contributed by atoms with Gasteiger partial charge in [-0.05, 0) is 12.8 Å². The van der Waals surface area contributed by atoms with Gasteiger partial charge in [-0.1, -0.05) is 19.3 Å². The van der Waals surface area contributed by atoms with E-state index in [-0.39, 0.29) is 0 Å². The van der Waals surface area contributed by atoms with Gasteiger partial charge in [0, 0.05) is 32.1 Å². The van der Waals surface area contributed by atoms with Crippen LogP contribution in [0.4, 0.5) is 5.95 Å². The summed E-state index contributed by atoms with van der Waals surface area (Å²) in [4.78, 5) is 4.36. The third kappa shape index (κ3) is 2.76. The van der Waals surface area contributed by atoms with Gasteiger partial charge < -0.3 is 14.6 Å². The van der Waals surface area contributed by atoms with Crippen LogP contribution in [0.15, 0.2) is 12.4 Å². The van der Waals surface area contributed by atoms with Crippen molar-refractivity contribution in [1.82, 2.24) is 9.55 Å². The molecule has 1 aromatic rings. The summed E-state index contributed by atoms with van der Waals surface area (Å²) in [5, 5.41) is 3.32. The molecule has 0 unspecified atom stereocenters. The third-order valence-corrected chi connectivity index (χ3v) is 3.23. The van der Waals surface area contributed by atoms with E-state index in [0.29, 0.717) is 6.04 Å². The lowest BCUT2D eigenvalue weighted by molar-refractivity contribution is 0.210. The zero-order valence-corrected chi connectivity index (χ0v) is 9.98. The molecule has 2 rings (SSSR count). The quantitative estimate of drug-likeness (QED) is 0.779. The van der Waals surface area contributed by atoms with Gasteiger partial charge in [0.1, 0.15) is 0 Å². The first-order valence-electron chi connectivity index (χ1n) is 6.17. The number of nitrogens with zero attached hydrogens (tertiary/aromatic N) is 2. The summed E-state index contributed by atoms with van der Waals surface area (Å²) in [7, 11) is 1.72. The van der Waals surface area contributed by atoms with Crippen molar-refractivity contribution in [2.24, 2.45) is 0 Å². The highest BCUT2D eigenvalue weighted by Crippen LogP contribution is 2.29. The first-order chi connectivity index (χ1) is 7.92. The summed E-state index contributed by atoms with van der Waals surface area (Å²) in [6, 6.07) is 0.640. The Kier molecular flexibility index (Phi) is 4.22. The van der Waals surface area contributed by atoms with E-state index >= 15 is 0 Å². The predicted molar refractivity (Wildman–Crippen MR) is 64.7 cm³/mol. The molecule has 1 fully saturated rings. The average Bonchev–Trinajstić information content (AvgIpc) is 2.79. The molecular formula is C12H21N3O. The molecule has 1 aliphatic carbocycles. The SMILES string of the molecule is COCCNc1nccn1C1CCCCC1. The number of anilines is 1. The maximum Gasteiger partial charge on any atom is 0.203 e. The lowest BCUT2D eigenvalue weighted by Gasteiger charge is -2.24. The monoisotopic (exact) mass is 223 g/mol. The van der Waals surface area contributed by atoms with Crippen molar-refractivity contribution in [3.63, 3.8) is 0 Å². The highest BCUT2D eigenvalue weighted by molar-refractivity contribution is 5.26. The zero-order chi connectivity index (χ0) is 11.2. The molecule has 0 saturated heterocycles. The topological polar surface area (TPSA) is 39.1 Å². The van der Waals surface area contributed by atoms with E-state index < -0.39 is 0 Å². The Bertz CT molecular complexity index is 305. The molecular weight excluding hydrogens is 202 g/mol. The van der Waals surface area contributed by atoms with Crippen LogP contribution in [-0.2, 0) is 4.74 Å². The van der Waals surface area contributed by atoms with Crippen molar-refractivity contribution in [3.8, 4) is 0 Å². The lowest BCUT2D eigenvalue weighted by atomic mass is 9.95. The van der Waals surface area contributed by atoms with Gasteiger partial charge in [-0.25, -0.2) is 4.98 Å². The molecule has 0 atom stereocenters. The molecule has 0 radical (unpaired) electrons. The fourth-order valence-electron chi connectivity index (χ4n) is 2.37. The molecule has 90 valence electrons. The van der Waals surface area contributed by atoms with E-state index in [1.807, 2.05) is 6.20 Å². The summed E-state index contributed by atoms with van der Waals surface area (Å²) in [6.07, 6.45) is 10.6. The van der Waals surface area contributed by atoms with Gasteiger partial charge in [0.25, 0.3) is 0 Å². The second-order valence-corrected chi connectivity index (χ2v) is 4.37. The summed E-state index contributed by atoms with van der Waals surface area (Å²) in [5.41, 5.74) is 0. The van der Waals surface area contributed by atoms with Gasteiger partial charge in [-0.2, -0.15) is 0 Å². The molecule has 1 heterocycles. The van der Waals surface area contributed by atoms with Gasteiger partial charge in [-0.3, -0.25) is 0 Å². The minimum atomic E-state index is 0.640.